The van der Waals surface area contributed by atoms with E-state index in [1.165, 1.54) is 25.0 Å². The smallest absolute Gasteiger partial charge is 0.0725 e. The Hall–Kier alpha value is -0.900. The molecule has 1 aromatic rings. The summed E-state index contributed by atoms with van der Waals surface area (Å²) >= 11 is 0. The van der Waals surface area contributed by atoms with Gasteiger partial charge in [0.1, 0.15) is 0 Å². The van der Waals surface area contributed by atoms with Gasteiger partial charge in [-0.1, -0.05) is 12.1 Å². The molecule has 4 nitrogen and oxygen atoms in total. The number of aromatic nitrogens is 3. The summed E-state index contributed by atoms with van der Waals surface area (Å²) in [6.45, 7) is 4.29. The highest BCUT2D eigenvalue weighted by molar-refractivity contribution is 4.94. The Labute approximate surface area is 91.1 Å². The van der Waals surface area contributed by atoms with Crippen LogP contribution in [0.2, 0.25) is 0 Å². The van der Waals surface area contributed by atoms with E-state index in [2.05, 4.69) is 22.6 Å². The molecule has 1 N–H and O–H groups in total. The molecule has 1 aliphatic rings. The van der Waals surface area contributed by atoms with Gasteiger partial charge in [-0.3, -0.25) is 0 Å². The van der Waals surface area contributed by atoms with Crippen molar-refractivity contribution < 1.29 is 0 Å². The normalized spacial score (nSPS) is 15.8. The molecule has 0 aromatic carbocycles. The highest BCUT2D eigenvalue weighted by atomic mass is 15.4. The first-order valence-corrected chi connectivity index (χ1v) is 6.01. The van der Waals surface area contributed by atoms with E-state index in [1.54, 1.807) is 0 Å². The maximum Gasteiger partial charge on any atom is 0.0725 e. The molecule has 84 valence electrons. The van der Waals surface area contributed by atoms with Gasteiger partial charge in [0.05, 0.1) is 11.9 Å². The Morgan fingerprint density at radius 1 is 1.53 bits per heavy atom. The van der Waals surface area contributed by atoms with Crippen molar-refractivity contribution in [2.45, 2.75) is 51.6 Å². The van der Waals surface area contributed by atoms with E-state index >= 15 is 0 Å². The van der Waals surface area contributed by atoms with Crippen molar-refractivity contribution in [1.82, 2.24) is 20.3 Å². The minimum absolute atomic E-state index is 0.823. The largest absolute Gasteiger partial charge is 0.314 e. The van der Waals surface area contributed by atoms with Gasteiger partial charge in [0, 0.05) is 12.6 Å². The molecule has 0 unspecified atom stereocenters. The molecule has 0 spiro atoms. The van der Waals surface area contributed by atoms with Crippen molar-refractivity contribution >= 4 is 0 Å². The number of hydrogen-bond donors (Lipinski definition) is 1. The van der Waals surface area contributed by atoms with Gasteiger partial charge in [0.25, 0.3) is 0 Å². The van der Waals surface area contributed by atoms with Gasteiger partial charge in [-0.2, -0.15) is 0 Å². The number of nitrogens with one attached hydrogen (secondary N) is 1. The van der Waals surface area contributed by atoms with Gasteiger partial charge in [-0.15, -0.1) is 5.10 Å². The van der Waals surface area contributed by atoms with E-state index < -0.39 is 0 Å². The number of nitrogens with zero attached hydrogens (tertiary/aromatic N) is 3. The Kier molecular flexibility index (Phi) is 3.72. The molecule has 0 saturated heterocycles. The number of hydrogen-bond acceptors (Lipinski definition) is 3. The first-order chi connectivity index (χ1) is 7.40. The first-order valence-electron chi connectivity index (χ1n) is 6.01. The maximum atomic E-state index is 4.08. The summed E-state index contributed by atoms with van der Waals surface area (Å²) in [4.78, 5) is 0. The fraction of sp³-hybridized carbons (Fsp3) is 0.818. The zero-order valence-corrected chi connectivity index (χ0v) is 9.45. The van der Waals surface area contributed by atoms with Crippen LogP contribution in [0.3, 0.4) is 0 Å². The number of rotatable bonds is 7. The molecule has 1 heterocycles. The first kappa shape index (κ1) is 10.6. The summed E-state index contributed by atoms with van der Waals surface area (Å²) in [6.07, 6.45) is 8.04. The Morgan fingerprint density at radius 3 is 3.13 bits per heavy atom. The molecular weight excluding hydrogens is 188 g/mol. The Balaban J connectivity index is 1.68. The molecule has 0 bridgehead atoms. The SMILES string of the molecule is CCCn1nncc1CCCNC1CC1. The van der Waals surface area contributed by atoms with Crippen molar-refractivity contribution in [2.75, 3.05) is 6.54 Å². The standard InChI is InChI=1S/C11H20N4/c1-2-8-15-11(9-13-14-15)4-3-7-12-10-5-6-10/h9-10,12H,2-8H2,1H3. The second kappa shape index (κ2) is 5.26. The summed E-state index contributed by atoms with van der Waals surface area (Å²) in [5, 5.41) is 11.6. The lowest BCUT2D eigenvalue weighted by Crippen LogP contribution is -2.18. The summed E-state index contributed by atoms with van der Waals surface area (Å²) in [7, 11) is 0. The fourth-order valence-corrected chi connectivity index (χ4v) is 1.74. The summed E-state index contributed by atoms with van der Waals surface area (Å²) in [6, 6.07) is 0.823. The highest BCUT2D eigenvalue weighted by Crippen LogP contribution is 2.18. The van der Waals surface area contributed by atoms with Gasteiger partial charge in [0.2, 0.25) is 0 Å². The molecule has 0 atom stereocenters. The minimum Gasteiger partial charge on any atom is -0.314 e. The Morgan fingerprint density at radius 2 is 2.40 bits per heavy atom. The molecule has 4 heteroatoms. The van der Waals surface area contributed by atoms with Gasteiger partial charge in [-0.25, -0.2) is 4.68 Å². The fourth-order valence-electron chi connectivity index (χ4n) is 1.74. The topological polar surface area (TPSA) is 42.7 Å². The van der Waals surface area contributed by atoms with Crippen LogP contribution in [-0.2, 0) is 13.0 Å². The van der Waals surface area contributed by atoms with Crippen molar-refractivity contribution in [1.29, 1.82) is 0 Å². The maximum absolute atomic E-state index is 4.08. The van der Waals surface area contributed by atoms with Gasteiger partial charge >= 0.3 is 0 Å². The van der Waals surface area contributed by atoms with Gasteiger partial charge in [-0.05, 0) is 38.6 Å². The summed E-state index contributed by atoms with van der Waals surface area (Å²) in [5.41, 5.74) is 1.27. The minimum atomic E-state index is 0.823. The average molecular weight is 208 g/mol. The van der Waals surface area contributed by atoms with Gasteiger partial charge in [0.15, 0.2) is 0 Å². The molecule has 15 heavy (non-hydrogen) atoms. The van der Waals surface area contributed by atoms with E-state index in [4.69, 9.17) is 0 Å². The zero-order chi connectivity index (χ0) is 10.5. The lowest BCUT2D eigenvalue weighted by atomic mass is 10.2. The molecule has 1 saturated carbocycles. The third-order valence-electron chi connectivity index (χ3n) is 2.75. The van der Waals surface area contributed by atoms with Crippen LogP contribution in [0.25, 0.3) is 0 Å². The van der Waals surface area contributed by atoms with E-state index in [9.17, 15) is 0 Å². The molecule has 1 fully saturated rings. The van der Waals surface area contributed by atoms with Gasteiger partial charge < -0.3 is 5.32 Å². The van der Waals surface area contributed by atoms with E-state index in [1.807, 2.05) is 10.9 Å². The second-order valence-electron chi connectivity index (χ2n) is 4.28. The monoisotopic (exact) mass is 208 g/mol. The van der Waals surface area contributed by atoms with Crippen LogP contribution in [0.5, 0.6) is 0 Å². The van der Waals surface area contributed by atoms with Crippen molar-refractivity contribution in [3.63, 3.8) is 0 Å². The molecular formula is C11H20N4. The lowest BCUT2D eigenvalue weighted by molar-refractivity contribution is 0.543. The lowest BCUT2D eigenvalue weighted by Gasteiger charge is -2.05. The van der Waals surface area contributed by atoms with Crippen LogP contribution in [0.4, 0.5) is 0 Å². The molecule has 0 amide bonds. The quantitative estimate of drug-likeness (QED) is 0.688. The third kappa shape index (κ3) is 3.30. The van der Waals surface area contributed by atoms with Crippen LogP contribution in [0.15, 0.2) is 6.20 Å². The van der Waals surface area contributed by atoms with Crippen molar-refractivity contribution in [3.8, 4) is 0 Å². The number of aryl methyl sites for hydroxylation is 2. The zero-order valence-electron chi connectivity index (χ0n) is 9.45. The van der Waals surface area contributed by atoms with Crippen molar-refractivity contribution in [3.05, 3.63) is 11.9 Å². The van der Waals surface area contributed by atoms with Crippen molar-refractivity contribution in [2.24, 2.45) is 0 Å². The second-order valence-corrected chi connectivity index (χ2v) is 4.28. The third-order valence-corrected chi connectivity index (χ3v) is 2.75. The van der Waals surface area contributed by atoms with Crippen LogP contribution in [-0.4, -0.2) is 27.6 Å². The molecule has 0 aliphatic heterocycles. The van der Waals surface area contributed by atoms with Crippen LogP contribution < -0.4 is 5.32 Å². The molecule has 1 aliphatic carbocycles. The Bertz CT molecular complexity index is 291. The molecule has 1 aromatic heterocycles. The van der Waals surface area contributed by atoms with Crippen LogP contribution in [0.1, 0.15) is 38.3 Å². The van der Waals surface area contributed by atoms with Crippen LogP contribution in [0, 0.1) is 0 Å². The van der Waals surface area contributed by atoms with E-state index in [-0.39, 0.29) is 0 Å². The van der Waals surface area contributed by atoms with Crippen LogP contribution >= 0.6 is 0 Å². The molecule has 2 rings (SSSR count). The van der Waals surface area contributed by atoms with E-state index in [0.29, 0.717) is 0 Å². The predicted octanol–water partition coefficient (Wildman–Crippen LogP) is 1.37. The summed E-state index contributed by atoms with van der Waals surface area (Å²) < 4.78 is 2.02. The summed E-state index contributed by atoms with van der Waals surface area (Å²) in [5.74, 6) is 0. The predicted molar refractivity (Wildman–Crippen MR) is 59.7 cm³/mol. The highest BCUT2D eigenvalue weighted by Gasteiger charge is 2.19. The molecule has 0 radical (unpaired) electrons. The average Bonchev–Trinajstić information content (AvgIpc) is 2.96. The van der Waals surface area contributed by atoms with E-state index in [0.717, 1.165) is 32.0 Å².